The quantitative estimate of drug-likeness (QED) is 0.835. The molecule has 2 rings (SSSR count). The van der Waals surface area contributed by atoms with Crippen molar-refractivity contribution in [2.24, 2.45) is 0 Å². The summed E-state index contributed by atoms with van der Waals surface area (Å²) in [6.45, 7) is 2.13. The van der Waals surface area contributed by atoms with Gasteiger partial charge in [0.25, 0.3) is 0 Å². The largest absolute Gasteiger partial charge is 0.384 e. The Balaban J connectivity index is 2.20. The average Bonchev–Trinajstić information content (AvgIpc) is 2.47. The summed E-state index contributed by atoms with van der Waals surface area (Å²) in [5.41, 5.74) is 3.19. The molecular formula is C16H18OS. The summed E-state index contributed by atoms with van der Waals surface area (Å²) in [5, 5.41) is 10.3. The van der Waals surface area contributed by atoms with Crippen molar-refractivity contribution >= 4 is 11.8 Å². The summed E-state index contributed by atoms with van der Waals surface area (Å²) < 4.78 is 0. The molecule has 0 aromatic heterocycles. The van der Waals surface area contributed by atoms with Crippen LogP contribution in [0.2, 0.25) is 0 Å². The van der Waals surface area contributed by atoms with E-state index in [2.05, 4.69) is 25.3 Å². The van der Waals surface area contributed by atoms with Gasteiger partial charge in [-0.25, -0.2) is 0 Å². The summed E-state index contributed by atoms with van der Waals surface area (Å²) in [6.07, 6.45) is 2.54. The molecule has 1 unspecified atom stereocenters. The van der Waals surface area contributed by atoms with Gasteiger partial charge in [0.05, 0.1) is 0 Å². The minimum atomic E-state index is -0.535. The zero-order valence-electron chi connectivity index (χ0n) is 10.8. The van der Waals surface area contributed by atoms with Crippen molar-refractivity contribution < 1.29 is 5.11 Å². The van der Waals surface area contributed by atoms with Crippen molar-refractivity contribution in [3.8, 4) is 0 Å². The molecule has 2 aromatic rings. The van der Waals surface area contributed by atoms with Gasteiger partial charge in [-0.1, -0.05) is 43.3 Å². The van der Waals surface area contributed by atoms with Gasteiger partial charge in [-0.3, -0.25) is 0 Å². The highest BCUT2D eigenvalue weighted by Gasteiger charge is 2.09. The maximum Gasteiger partial charge on any atom is 0.104 e. The fourth-order valence-electron chi connectivity index (χ4n) is 1.91. The molecule has 2 heteroatoms. The Morgan fingerprint density at radius 2 is 1.44 bits per heavy atom. The lowest BCUT2D eigenvalue weighted by Gasteiger charge is -2.12. The minimum absolute atomic E-state index is 0.535. The predicted molar refractivity (Wildman–Crippen MR) is 78.1 cm³/mol. The number of benzene rings is 2. The van der Waals surface area contributed by atoms with Crippen LogP contribution in [0.15, 0.2) is 53.4 Å². The Hall–Kier alpha value is -1.25. The molecule has 0 radical (unpaired) electrons. The van der Waals surface area contributed by atoms with Crippen LogP contribution < -0.4 is 0 Å². The van der Waals surface area contributed by atoms with Crippen LogP contribution in [0.1, 0.15) is 29.7 Å². The van der Waals surface area contributed by atoms with Crippen LogP contribution in [0, 0.1) is 0 Å². The smallest absolute Gasteiger partial charge is 0.104 e. The molecule has 0 saturated heterocycles. The summed E-state index contributed by atoms with van der Waals surface area (Å²) in [4.78, 5) is 1.22. The Kier molecular flexibility index (Phi) is 4.45. The standard InChI is InChI=1S/C16H18OS/c1-3-12-4-6-13(7-5-12)16(17)14-8-10-15(18-2)11-9-14/h4-11,16-17H,3H2,1-2H3. The van der Waals surface area contributed by atoms with E-state index in [9.17, 15) is 5.11 Å². The van der Waals surface area contributed by atoms with Crippen molar-refractivity contribution in [1.82, 2.24) is 0 Å². The van der Waals surface area contributed by atoms with Gasteiger partial charge in [-0.2, -0.15) is 0 Å². The third kappa shape index (κ3) is 2.95. The van der Waals surface area contributed by atoms with Gasteiger partial charge in [0.1, 0.15) is 6.10 Å². The molecule has 94 valence electrons. The second kappa shape index (κ2) is 6.07. The van der Waals surface area contributed by atoms with Gasteiger partial charge < -0.3 is 5.11 Å². The van der Waals surface area contributed by atoms with E-state index in [-0.39, 0.29) is 0 Å². The number of thioether (sulfide) groups is 1. The molecule has 2 aromatic carbocycles. The SMILES string of the molecule is CCc1ccc(C(O)c2ccc(SC)cc2)cc1. The van der Waals surface area contributed by atoms with Crippen LogP contribution >= 0.6 is 11.8 Å². The first kappa shape index (κ1) is 13.2. The van der Waals surface area contributed by atoms with Crippen LogP contribution in [-0.2, 0) is 6.42 Å². The first-order valence-electron chi connectivity index (χ1n) is 6.15. The summed E-state index contributed by atoms with van der Waals surface area (Å²) in [7, 11) is 0. The molecule has 1 nitrogen and oxygen atoms in total. The highest BCUT2D eigenvalue weighted by atomic mass is 32.2. The molecule has 0 spiro atoms. The van der Waals surface area contributed by atoms with Crippen LogP contribution in [0.4, 0.5) is 0 Å². The molecule has 1 N–H and O–H groups in total. The zero-order valence-corrected chi connectivity index (χ0v) is 11.6. The Labute approximate surface area is 113 Å². The molecule has 0 bridgehead atoms. The van der Waals surface area contributed by atoms with Crippen LogP contribution in [0.5, 0.6) is 0 Å². The molecule has 0 heterocycles. The molecule has 0 aliphatic rings. The monoisotopic (exact) mass is 258 g/mol. The Morgan fingerprint density at radius 1 is 0.944 bits per heavy atom. The minimum Gasteiger partial charge on any atom is -0.384 e. The van der Waals surface area contributed by atoms with E-state index in [0.29, 0.717) is 0 Å². The van der Waals surface area contributed by atoms with Crippen molar-refractivity contribution in [2.45, 2.75) is 24.3 Å². The van der Waals surface area contributed by atoms with Crippen molar-refractivity contribution in [1.29, 1.82) is 0 Å². The molecule has 0 saturated carbocycles. The van der Waals surface area contributed by atoms with E-state index in [0.717, 1.165) is 17.5 Å². The van der Waals surface area contributed by atoms with Gasteiger partial charge in [0.15, 0.2) is 0 Å². The van der Waals surface area contributed by atoms with E-state index in [4.69, 9.17) is 0 Å². The molecule has 0 amide bonds. The molecular weight excluding hydrogens is 240 g/mol. The molecule has 18 heavy (non-hydrogen) atoms. The highest BCUT2D eigenvalue weighted by molar-refractivity contribution is 7.98. The highest BCUT2D eigenvalue weighted by Crippen LogP contribution is 2.24. The summed E-state index contributed by atoms with van der Waals surface area (Å²) >= 11 is 1.71. The second-order valence-electron chi connectivity index (χ2n) is 4.27. The third-order valence-electron chi connectivity index (χ3n) is 3.14. The van der Waals surface area contributed by atoms with Crippen LogP contribution in [0.3, 0.4) is 0 Å². The van der Waals surface area contributed by atoms with E-state index < -0.39 is 6.10 Å². The summed E-state index contributed by atoms with van der Waals surface area (Å²) in [5.74, 6) is 0. The van der Waals surface area contributed by atoms with Crippen molar-refractivity contribution in [3.05, 3.63) is 65.2 Å². The molecule has 1 atom stereocenters. The number of rotatable bonds is 4. The topological polar surface area (TPSA) is 20.2 Å². The zero-order chi connectivity index (χ0) is 13.0. The first-order chi connectivity index (χ1) is 8.74. The van der Waals surface area contributed by atoms with Crippen molar-refractivity contribution in [3.63, 3.8) is 0 Å². The van der Waals surface area contributed by atoms with Gasteiger partial charge in [0, 0.05) is 4.90 Å². The van der Waals surface area contributed by atoms with E-state index in [1.165, 1.54) is 10.5 Å². The van der Waals surface area contributed by atoms with E-state index in [1.54, 1.807) is 11.8 Å². The van der Waals surface area contributed by atoms with E-state index in [1.807, 2.05) is 36.4 Å². The lowest BCUT2D eigenvalue weighted by Crippen LogP contribution is -1.99. The normalized spacial score (nSPS) is 12.4. The number of hydrogen-bond donors (Lipinski definition) is 1. The molecule has 0 aliphatic heterocycles. The maximum atomic E-state index is 10.3. The predicted octanol–water partition coefficient (Wildman–Crippen LogP) is 4.05. The molecule has 0 fully saturated rings. The van der Waals surface area contributed by atoms with Gasteiger partial charge in [-0.05, 0) is 41.5 Å². The fraction of sp³-hybridized carbons (Fsp3) is 0.250. The number of aryl methyl sites for hydroxylation is 1. The number of hydrogen-bond acceptors (Lipinski definition) is 2. The van der Waals surface area contributed by atoms with E-state index >= 15 is 0 Å². The second-order valence-corrected chi connectivity index (χ2v) is 5.15. The van der Waals surface area contributed by atoms with Crippen LogP contribution in [-0.4, -0.2) is 11.4 Å². The van der Waals surface area contributed by atoms with Crippen LogP contribution in [0.25, 0.3) is 0 Å². The first-order valence-corrected chi connectivity index (χ1v) is 7.38. The molecule has 0 aliphatic carbocycles. The van der Waals surface area contributed by atoms with Gasteiger partial charge in [-0.15, -0.1) is 11.8 Å². The summed E-state index contributed by atoms with van der Waals surface area (Å²) in [6, 6.07) is 16.2. The maximum absolute atomic E-state index is 10.3. The van der Waals surface area contributed by atoms with Crippen molar-refractivity contribution in [2.75, 3.05) is 6.26 Å². The number of aliphatic hydroxyl groups is 1. The van der Waals surface area contributed by atoms with Gasteiger partial charge in [0.2, 0.25) is 0 Å². The average molecular weight is 258 g/mol. The Bertz CT molecular complexity index is 440. The fourth-order valence-corrected chi connectivity index (χ4v) is 2.32. The number of aliphatic hydroxyl groups excluding tert-OH is 1. The third-order valence-corrected chi connectivity index (χ3v) is 3.88. The lowest BCUT2D eigenvalue weighted by atomic mass is 10.00. The Morgan fingerprint density at radius 3 is 1.89 bits per heavy atom. The lowest BCUT2D eigenvalue weighted by molar-refractivity contribution is 0.220. The van der Waals surface area contributed by atoms with Gasteiger partial charge >= 0.3 is 0 Å².